The first-order valence-electron chi connectivity index (χ1n) is 4.58. The van der Waals surface area contributed by atoms with E-state index in [0.29, 0.717) is 12.5 Å². The Kier molecular flexibility index (Phi) is 3.66. The summed E-state index contributed by atoms with van der Waals surface area (Å²) in [5, 5.41) is 0. The Balaban J connectivity index is 2.96. The van der Waals surface area contributed by atoms with E-state index >= 15 is 0 Å². The number of carbonyl (C=O) groups excluding carboxylic acids is 2. The second-order valence-electron chi connectivity index (χ2n) is 3.13. The Morgan fingerprint density at radius 3 is 2.47 bits per heavy atom. The minimum Gasteiger partial charge on any atom is -0.290 e. The fourth-order valence-corrected chi connectivity index (χ4v) is 1.16. The Labute approximate surface area is 85.9 Å². The monoisotopic (exact) mass is 212 g/mol. The lowest BCUT2D eigenvalue weighted by atomic mass is 10.0. The van der Waals surface area contributed by atoms with E-state index < -0.39 is 23.2 Å². The van der Waals surface area contributed by atoms with Gasteiger partial charge >= 0.3 is 0 Å². The lowest BCUT2D eigenvalue weighted by molar-refractivity contribution is -0.115. The molecule has 0 heterocycles. The largest absolute Gasteiger partial charge is 0.290 e. The molecular formula is C11H10F2O2. The summed E-state index contributed by atoms with van der Waals surface area (Å²) in [6.07, 6.45) is 0.600. The van der Waals surface area contributed by atoms with Crippen LogP contribution in [0.4, 0.5) is 8.78 Å². The van der Waals surface area contributed by atoms with E-state index in [1.165, 1.54) is 0 Å². The zero-order valence-corrected chi connectivity index (χ0v) is 8.22. The van der Waals surface area contributed by atoms with Crippen molar-refractivity contribution in [3.63, 3.8) is 0 Å². The van der Waals surface area contributed by atoms with Gasteiger partial charge in [-0.3, -0.25) is 9.59 Å². The molecule has 0 aliphatic carbocycles. The van der Waals surface area contributed by atoms with Crippen molar-refractivity contribution in [3.05, 3.63) is 35.4 Å². The van der Waals surface area contributed by atoms with Crippen molar-refractivity contribution in [2.45, 2.75) is 19.8 Å². The van der Waals surface area contributed by atoms with Gasteiger partial charge in [-0.25, -0.2) is 8.78 Å². The molecule has 0 saturated heterocycles. The van der Waals surface area contributed by atoms with Crippen LogP contribution in [0, 0.1) is 11.6 Å². The molecule has 1 rings (SSSR count). The number of halogens is 2. The van der Waals surface area contributed by atoms with Crippen molar-refractivity contribution in [2.24, 2.45) is 0 Å². The molecule has 0 amide bonds. The molecule has 80 valence electrons. The molecule has 2 nitrogen and oxygen atoms in total. The Bertz CT molecular complexity index is 400. The van der Waals surface area contributed by atoms with Gasteiger partial charge in [0.15, 0.2) is 0 Å². The molecule has 4 heteroatoms. The maximum atomic E-state index is 13.1. The number of ketones is 2. The van der Waals surface area contributed by atoms with Gasteiger partial charge in [-0.2, -0.15) is 0 Å². The SMILES string of the molecule is CCCC(=O)C(=O)c1ccc(F)cc1F. The molecule has 0 atom stereocenters. The van der Waals surface area contributed by atoms with Crippen LogP contribution in [0.2, 0.25) is 0 Å². The van der Waals surface area contributed by atoms with Gasteiger partial charge in [-0.15, -0.1) is 0 Å². The highest BCUT2D eigenvalue weighted by Crippen LogP contribution is 2.11. The van der Waals surface area contributed by atoms with Gasteiger partial charge in [0, 0.05) is 12.5 Å². The topological polar surface area (TPSA) is 34.1 Å². The molecule has 15 heavy (non-hydrogen) atoms. The average molecular weight is 212 g/mol. The van der Waals surface area contributed by atoms with Gasteiger partial charge in [-0.1, -0.05) is 6.92 Å². The van der Waals surface area contributed by atoms with Gasteiger partial charge in [0.1, 0.15) is 11.6 Å². The Morgan fingerprint density at radius 2 is 1.93 bits per heavy atom. The van der Waals surface area contributed by atoms with Gasteiger partial charge in [0.25, 0.3) is 0 Å². The standard InChI is InChI=1S/C11H10F2O2/c1-2-3-10(14)11(15)8-5-4-7(12)6-9(8)13/h4-6H,2-3H2,1H3. The number of benzene rings is 1. The highest BCUT2D eigenvalue weighted by atomic mass is 19.1. The average Bonchev–Trinajstić information content (AvgIpc) is 2.17. The van der Waals surface area contributed by atoms with Crippen LogP contribution in [-0.2, 0) is 4.79 Å². The van der Waals surface area contributed by atoms with Crippen LogP contribution >= 0.6 is 0 Å². The maximum absolute atomic E-state index is 13.1. The summed E-state index contributed by atoms with van der Waals surface area (Å²) in [6, 6.07) is 2.53. The van der Waals surface area contributed by atoms with E-state index in [4.69, 9.17) is 0 Å². The van der Waals surface area contributed by atoms with Crippen molar-refractivity contribution in [3.8, 4) is 0 Å². The van der Waals surface area contributed by atoms with Crippen LogP contribution in [0.3, 0.4) is 0 Å². The normalized spacial score (nSPS) is 10.1. The fraction of sp³-hybridized carbons (Fsp3) is 0.273. The fourth-order valence-electron chi connectivity index (χ4n) is 1.16. The first-order valence-corrected chi connectivity index (χ1v) is 4.58. The minimum absolute atomic E-state index is 0.0790. The molecule has 0 saturated carbocycles. The Morgan fingerprint density at radius 1 is 1.27 bits per heavy atom. The van der Waals surface area contributed by atoms with Crippen molar-refractivity contribution in [1.82, 2.24) is 0 Å². The van der Waals surface area contributed by atoms with E-state index in [2.05, 4.69) is 0 Å². The van der Waals surface area contributed by atoms with E-state index in [0.717, 1.165) is 12.1 Å². The Hall–Kier alpha value is -1.58. The van der Waals surface area contributed by atoms with Crippen LogP contribution in [-0.4, -0.2) is 11.6 Å². The van der Waals surface area contributed by atoms with Crippen molar-refractivity contribution in [1.29, 1.82) is 0 Å². The first kappa shape index (κ1) is 11.5. The van der Waals surface area contributed by atoms with E-state index in [1.807, 2.05) is 0 Å². The molecule has 0 aliphatic heterocycles. The molecule has 0 N–H and O–H groups in total. The predicted octanol–water partition coefficient (Wildman–Crippen LogP) is 2.52. The van der Waals surface area contributed by atoms with Crippen LogP contribution in [0.1, 0.15) is 30.1 Å². The zero-order chi connectivity index (χ0) is 11.4. The third-order valence-electron chi connectivity index (χ3n) is 1.91. The number of hydrogen-bond donors (Lipinski definition) is 0. The van der Waals surface area contributed by atoms with E-state index in [-0.39, 0.29) is 12.0 Å². The predicted molar refractivity (Wildman–Crippen MR) is 50.6 cm³/mol. The number of rotatable bonds is 4. The van der Waals surface area contributed by atoms with E-state index in [1.54, 1.807) is 6.92 Å². The summed E-state index contributed by atoms with van der Waals surface area (Å²) >= 11 is 0. The quantitative estimate of drug-likeness (QED) is 0.567. The van der Waals surface area contributed by atoms with Gasteiger partial charge in [0.05, 0.1) is 5.56 Å². The minimum atomic E-state index is -0.996. The third kappa shape index (κ3) is 2.68. The van der Waals surface area contributed by atoms with Crippen molar-refractivity contribution in [2.75, 3.05) is 0 Å². The smallest absolute Gasteiger partial charge is 0.231 e. The van der Waals surface area contributed by atoms with Crippen molar-refractivity contribution < 1.29 is 18.4 Å². The van der Waals surface area contributed by atoms with Crippen LogP contribution < -0.4 is 0 Å². The highest BCUT2D eigenvalue weighted by Gasteiger charge is 2.19. The number of carbonyl (C=O) groups is 2. The molecule has 0 radical (unpaired) electrons. The van der Waals surface area contributed by atoms with Crippen LogP contribution in [0.15, 0.2) is 18.2 Å². The molecule has 0 bridgehead atoms. The van der Waals surface area contributed by atoms with Crippen LogP contribution in [0.5, 0.6) is 0 Å². The molecule has 1 aromatic rings. The summed E-state index contributed by atoms with van der Waals surface area (Å²) in [7, 11) is 0. The lowest BCUT2D eigenvalue weighted by Crippen LogP contribution is -2.15. The zero-order valence-electron chi connectivity index (χ0n) is 8.22. The van der Waals surface area contributed by atoms with Gasteiger partial charge in [-0.05, 0) is 18.6 Å². The molecule has 0 aliphatic rings. The highest BCUT2D eigenvalue weighted by molar-refractivity contribution is 6.43. The molecular weight excluding hydrogens is 202 g/mol. The summed E-state index contributed by atoms with van der Waals surface area (Å²) in [6.45, 7) is 1.74. The van der Waals surface area contributed by atoms with Gasteiger partial charge < -0.3 is 0 Å². The number of Topliss-reactive ketones (excluding diaryl/α,β-unsaturated/α-hetero) is 2. The maximum Gasteiger partial charge on any atom is 0.231 e. The molecule has 1 aromatic carbocycles. The first-order chi connectivity index (χ1) is 7.06. The summed E-state index contributed by atoms with van der Waals surface area (Å²) in [5.41, 5.74) is -0.366. The molecule has 0 fully saturated rings. The second kappa shape index (κ2) is 4.77. The van der Waals surface area contributed by atoms with E-state index in [9.17, 15) is 18.4 Å². The molecule has 0 aromatic heterocycles. The summed E-state index contributed by atoms with van der Waals surface area (Å²) in [5.74, 6) is -3.31. The van der Waals surface area contributed by atoms with Gasteiger partial charge in [0.2, 0.25) is 11.6 Å². The lowest BCUT2D eigenvalue weighted by Gasteiger charge is -2.00. The van der Waals surface area contributed by atoms with Crippen molar-refractivity contribution >= 4 is 11.6 Å². The summed E-state index contributed by atoms with van der Waals surface area (Å²) in [4.78, 5) is 22.5. The second-order valence-corrected chi connectivity index (χ2v) is 3.13. The third-order valence-corrected chi connectivity index (χ3v) is 1.91. The molecule has 0 unspecified atom stereocenters. The number of hydrogen-bond acceptors (Lipinski definition) is 2. The molecule has 0 spiro atoms. The summed E-state index contributed by atoms with van der Waals surface area (Å²) < 4.78 is 25.6. The van der Waals surface area contributed by atoms with Crippen LogP contribution in [0.25, 0.3) is 0 Å².